The van der Waals surface area contributed by atoms with Gasteiger partial charge in [-0.15, -0.1) is 0 Å². The molecule has 100 valence electrons. The summed E-state index contributed by atoms with van der Waals surface area (Å²) in [4.78, 5) is 0. The summed E-state index contributed by atoms with van der Waals surface area (Å²) in [6.07, 6.45) is 0. The fraction of sp³-hybridized carbons (Fsp3) is 0.143. The lowest BCUT2D eigenvalue weighted by Crippen LogP contribution is -2.00. The smallest absolute Gasteiger partial charge is 0.162 e. The molecule has 0 aliphatic heterocycles. The van der Waals surface area contributed by atoms with Crippen LogP contribution in [0.4, 0.5) is 10.1 Å². The number of hydrogen-bond donors (Lipinski definition) is 1. The number of anilines is 1. The zero-order valence-electron chi connectivity index (χ0n) is 10.3. The number of rotatable bonds is 4. The summed E-state index contributed by atoms with van der Waals surface area (Å²) in [6.45, 7) is 0.235. The minimum atomic E-state index is -0.314. The zero-order chi connectivity index (χ0) is 13.8. The molecule has 0 saturated heterocycles. The van der Waals surface area contributed by atoms with Crippen LogP contribution >= 0.6 is 15.9 Å². The van der Waals surface area contributed by atoms with Gasteiger partial charge in [0.1, 0.15) is 12.4 Å². The Morgan fingerprint density at radius 2 is 2.00 bits per heavy atom. The minimum absolute atomic E-state index is 0.235. The topological polar surface area (TPSA) is 44.5 Å². The molecule has 19 heavy (non-hydrogen) atoms. The third kappa shape index (κ3) is 3.17. The molecule has 0 amide bonds. The van der Waals surface area contributed by atoms with Crippen LogP contribution in [0.1, 0.15) is 5.56 Å². The average molecular weight is 326 g/mol. The summed E-state index contributed by atoms with van der Waals surface area (Å²) in [6, 6.07) is 9.93. The van der Waals surface area contributed by atoms with Crippen molar-refractivity contribution in [2.75, 3.05) is 12.8 Å². The van der Waals surface area contributed by atoms with E-state index < -0.39 is 0 Å². The highest BCUT2D eigenvalue weighted by atomic mass is 79.9. The Morgan fingerprint density at radius 3 is 2.74 bits per heavy atom. The van der Waals surface area contributed by atoms with E-state index in [0.717, 1.165) is 5.56 Å². The molecule has 0 saturated carbocycles. The summed E-state index contributed by atoms with van der Waals surface area (Å²) in [5.41, 5.74) is 6.98. The maximum atomic E-state index is 13.4. The van der Waals surface area contributed by atoms with Gasteiger partial charge in [-0.1, -0.05) is 12.1 Å². The van der Waals surface area contributed by atoms with E-state index in [2.05, 4.69) is 15.9 Å². The molecule has 0 atom stereocenters. The van der Waals surface area contributed by atoms with Crippen LogP contribution in [-0.2, 0) is 6.61 Å². The van der Waals surface area contributed by atoms with E-state index >= 15 is 0 Å². The second-order valence-electron chi connectivity index (χ2n) is 3.91. The SMILES string of the molecule is COc1cc(N)ccc1OCc1cccc(F)c1Br. The van der Waals surface area contributed by atoms with Crippen molar-refractivity contribution < 1.29 is 13.9 Å². The zero-order valence-corrected chi connectivity index (χ0v) is 11.9. The maximum Gasteiger partial charge on any atom is 0.162 e. The molecule has 2 rings (SSSR count). The fourth-order valence-corrected chi connectivity index (χ4v) is 2.00. The van der Waals surface area contributed by atoms with Gasteiger partial charge in [0.15, 0.2) is 11.5 Å². The van der Waals surface area contributed by atoms with E-state index in [0.29, 0.717) is 21.7 Å². The quantitative estimate of drug-likeness (QED) is 0.870. The minimum Gasteiger partial charge on any atom is -0.493 e. The lowest BCUT2D eigenvalue weighted by atomic mass is 10.2. The number of benzene rings is 2. The van der Waals surface area contributed by atoms with Crippen LogP contribution in [-0.4, -0.2) is 7.11 Å². The van der Waals surface area contributed by atoms with E-state index in [1.807, 2.05) is 0 Å². The maximum absolute atomic E-state index is 13.4. The van der Waals surface area contributed by atoms with Crippen molar-refractivity contribution in [2.24, 2.45) is 0 Å². The van der Waals surface area contributed by atoms with Crippen molar-refractivity contribution in [3.05, 3.63) is 52.3 Å². The van der Waals surface area contributed by atoms with E-state index in [1.54, 1.807) is 37.4 Å². The Hall–Kier alpha value is -1.75. The van der Waals surface area contributed by atoms with Crippen molar-refractivity contribution in [3.8, 4) is 11.5 Å². The molecule has 0 fully saturated rings. The Bertz CT molecular complexity index is 590. The predicted octanol–water partition coefficient (Wildman–Crippen LogP) is 3.76. The van der Waals surface area contributed by atoms with Crippen LogP contribution in [0.2, 0.25) is 0 Å². The first-order valence-corrected chi connectivity index (χ1v) is 6.40. The van der Waals surface area contributed by atoms with Crippen molar-refractivity contribution in [2.45, 2.75) is 6.61 Å². The van der Waals surface area contributed by atoms with Crippen molar-refractivity contribution in [3.63, 3.8) is 0 Å². The lowest BCUT2D eigenvalue weighted by molar-refractivity contribution is 0.283. The highest BCUT2D eigenvalue weighted by Gasteiger charge is 2.08. The van der Waals surface area contributed by atoms with Gasteiger partial charge in [-0.3, -0.25) is 0 Å². The molecule has 0 aromatic heterocycles. The largest absolute Gasteiger partial charge is 0.493 e. The Labute approximate surface area is 119 Å². The number of ether oxygens (including phenoxy) is 2. The van der Waals surface area contributed by atoms with Crippen LogP contribution in [0.25, 0.3) is 0 Å². The highest BCUT2D eigenvalue weighted by Crippen LogP contribution is 2.30. The van der Waals surface area contributed by atoms with Crippen LogP contribution in [0.15, 0.2) is 40.9 Å². The monoisotopic (exact) mass is 325 g/mol. The van der Waals surface area contributed by atoms with Gasteiger partial charge in [0.05, 0.1) is 11.6 Å². The van der Waals surface area contributed by atoms with Gasteiger partial charge in [0.25, 0.3) is 0 Å². The molecule has 0 bridgehead atoms. The summed E-state index contributed by atoms with van der Waals surface area (Å²) >= 11 is 3.19. The Kier molecular flexibility index (Phi) is 4.27. The van der Waals surface area contributed by atoms with Crippen molar-refractivity contribution in [1.82, 2.24) is 0 Å². The molecule has 0 spiro atoms. The predicted molar refractivity (Wildman–Crippen MR) is 75.8 cm³/mol. The first-order valence-electron chi connectivity index (χ1n) is 5.61. The number of hydrogen-bond acceptors (Lipinski definition) is 3. The van der Waals surface area contributed by atoms with Crippen LogP contribution < -0.4 is 15.2 Å². The molecule has 0 aliphatic carbocycles. The molecule has 2 aromatic carbocycles. The van der Waals surface area contributed by atoms with Gasteiger partial charge in [-0.05, 0) is 34.1 Å². The van der Waals surface area contributed by atoms with Crippen molar-refractivity contribution >= 4 is 21.6 Å². The molecule has 5 heteroatoms. The molecule has 0 unspecified atom stereocenters. The summed E-state index contributed by atoms with van der Waals surface area (Å²) in [7, 11) is 1.54. The van der Waals surface area contributed by atoms with Gasteiger partial charge in [0, 0.05) is 17.3 Å². The molecule has 0 radical (unpaired) electrons. The molecule has 2 aromatic rings. The highest BCUT2D eigenvalue weighted by molar-refractivity contribution is 9.10. The molecule has 0 aliphatic rings. The lowest BCUT2D eigenvalue weighted by Gasteiger charge is -2.12. The summed E-state index contributed by atoms with van der Waals surface area (Å²) in [5.74, 6) is 0.797. The Morgan fingerprint density at radius 1 is 1.21 bits per heavy atom. The van der Waals surface area contributed by atoms with Crippen LogP contribution in [0.3, 0.4) is 0 Å². The van der Waals surface area contributed by atoms with Crippen molar-refractivity contribution in [1.29, 1.82) is 0 Å². The number of halogens is 2. The fourth-order valence-electron chi connectivity index (χ4n) is 1.62. The van der Waals surface area contributed by atoms with Gasteiger partial charge in [-0.2, -0.15) is 0 Å². The molecule has 2 N–H and O–H groups in total. The van der Waals surface area contributed by atoms with Crippen LogP contribution in [0, 0.1) is 5.82 Å². The summed E-state index contributed by atoms with van der Waals surface area (Å²) in [5, 5.41) is 0. The van der Waals surface area contributed by atoms with Gasteiger partial charge in [-0.25, -0.2) is 4.39 Å². The average Bonchev–Trinajstić information content (AvgIpc) is 2.41. The first kappa shape index (κ1) is 13.7. The third-order valence-corrected chi connectivity index (χ3v) is 3.49. The van der Waals surface area contributed by atoms with E-state index in [1.165, 1.54) is 6.07 Å². The second-order valence-corrected chi connectivity index (χ2v) is 4.70. The van der Waals surface area contributed by atoms with Gasteiger partial charge in [0.2, 0.25) is 0 Å². The third-order valence-electron chi connectivity index (χ3n) is 2.60. The normalized spacial score (nSPS) is 10.3. The molecule has 3 nitrogen and oxygen atoms in total. The molecular formula is C14H13BrFNO2. The second kappa shape index (κ2) is 5.93. The van der Waals surface area contributed by atoms with Crippen LogP contribution in [0.5, 0.6) is 11.5 Å². The van der Waals surface area contributed by atoms with Gasteiger partial charge >= 0.3 is 0 Å². The number of nitrogen functional groups attached to an aromatic ring is 1. The number of nitrogens with two attached hydrogens (primary N) is 1. The standard InChI is InChI=1S/C14H13BrFNO2/c1-18-13-7-10(17)5-6-12(13)19-8-9-3-2-4-11(16)14(9)15/h2-7H,8,17H2,1H3. The van der Waals surface area contributed by atoms with E-state index in [4.69, 9.17) is 15.2 Å². The van der Waals surface area contributed by atoms with Gasteiger partial charge < -0.3 is 15.2 Å². The Balaban J connectivity index is 2.17. The van der Waals surface area contributed by atoms with E-state index in [-0.39, 0.29) is 12.4 Å². The summed E-state index contributed by atoms with van der Waals surface area (Å²) < 4.78 is 24.6. The molecular weight excluding hydrogens is 313 g/mol. The first-order chi connectivity index (χ1) is 9.11. The van der Waals surface area contributed by atoms with E-state index in [9.17, 15) is 4.39 Å². The number of methoxy groups -OCH3 is 1. The molecule has 0 heterocycles.